The number of H-pyrrole nitrogens is 1. The number of hydrogen-bond donors (Lipinski definition) is 3. The highest BCUT2D eigenvalue weighted by Gasteiger charge is 2.33. The number of aromatic amines is 1. The first-order valence-electron chi connectivity index (χ1n) is 8.45. The summed E-state index contributed by atoms with van der Waals surface area (Å²) in [5.74, 6) is 0.935. The van der Waals surface area contributed by atoms with Crippen molar-refractivity contribution < 1.29 is 14.3 Å². The molecule has 1 aromatic heterocycles. The van der Waals surface area contributed by atoms with Crippen LogP contribution in [0, 0.1) is 5.82 Å². The van der Waals surface area contributed by atoms with Crippen molar-refractivity contribution in [3.63, 3.8) is 0 Å². The number of nitrogens with one attached hydrogen (secondary N) is 2. The topological polar surface area (TPSA) is 81.2 Å². The Labute approximate surface area is 163 Å². The number of fused-ring (bicyclic) bond motifs is 1. The number of halogens is 3. The number of aromatic nitrogens is 2. The van der Waals surface area contributed by atoms with Crippen LogP contribution in [0.3, 0.4) is 0 Å². The van der Waals surface area contributed by atoms with Crippen molar-refractivity contribution in [2.75, 3.05) is 19.6 Å². The maximum atomic E-state index is 13.3. The van der Waals surface area contributed by atoms with E-state index in [-0.39, 0.29) is 48.5 Å². The number of imidazole rings is 1. The minimum atomic E-state index is -0.424. The van der Waals surface area contributed by atoms with E-state index in [1.54, 1.807) is 6.07 Å². The van der Waals surface area contributed by atoms with Crippen LogP contribution in [0.15, 0.2) is 18.2 Å². The Hall–Kier alpha value is -1.41. The Balaban J connectivity index is 0.00000121. The summed E-state index contributed by atoms with van der Waals surface area (Å²) in [6.45, 7) is 1.86. The molecule has 9 heteroatoms. The van der Waals surface area contributed by atoms with Crippen molar-refractivity contribution in [1.82, 2.24) is 20.2 Å². The predicted octanol–water partition coefficient (Wildman–Crippen LogP) is 1.97. The van der Waals surface area contributed by atoms with Gasteiger partial charge in [0.1, 0.15) is 11.6 Å². The number of piperidine rings is 1. The average molecular weight is 405 g/mol. The fourth-order valence-corrected chi connectivity index (χ4v) is 3.69. The fraction of sp³-hybridized carbons (Fsp3) is 0.529. The molecule has 4 rings (SSSR count). The zero-order chi connectivity index (χ0) is 16.7. The molecule has 0 aliphatic carbocycles. The van der Waals surface area contributed by atoms with Crippen LogP contribution in [0.1, 0.15) is 31.0 Å². The lowest BCUT2D eigenvalue weighted by Gasteiger charge is -2.32. The number of β-amino-alcohol motifs (C(OH)–C–C–N with tert-alkyl or cyclic N) is 1. The summed E-state index contributed by atoms with van der Waals surface area (Å²) >= 11 is 0. The molecule has 0 spiro atoms. The molecule has 1 aromatic carbocycles. The molecule has 2 atom stereocenters. The maximum absolute atomic E-state index is 13.3. The average Bonchev–Trinajstić information content (AvgIpc) is 3.20. The zero-order valence-electron chi connectivity index (χ0n) is 14.2. The molecule has 1 amide bonds. The molecule has 2 aliphatic rings. The molecule has 6 nitrogen and oxygen atoms in total. The number of nitrogens with zero attached hydrogens (tertiary/aromatic N) is 2. The summed E-state index contributed by atoms with van der Waals surface area (Å²) in [4.78, 5) is 22.1. The van der Waals surface area contributed by atoms with Crippen molar-refractivity contribution >= 4 is 41.8 Å². The van der Waals surface area contributed by atoms with Gasteiger partial charge in [0.05, 0.1) is 23.2 Å². The molecule has 144 valence electrons. The Bertz CT molecular complexity index is 764. The van der Waals surface area contributed by atoms with Gasteiger partial charge in [-0.25, -0.2) is 9.37 Å². The van der Waals surface area contributed by atoms with Gasteiger partial charge in [-0.1, -0.05) is 0 Å². The molecule has 26 heavy (non-hydrogen) atoms. The van der Waals surface area contributed by atoms with E-state index >= 15 is 0 Å². The van der Waals surface area contributed by atoms with E-state index in [2.05, 4.69) is 15.3 Å². The van der Waals surface area contributed by atoms with Crippen LogP contribution in [0.2, 0.25) is 0 Å². The molecule has 2 aromatic rings. The van der Waals surface area contributed by atoms with E-state index in [1.807, 2.05) is 4.90 Å². The Morgan fingerprint density at radius 2 is 2.00 bits per heavy atom. The summed E-state index contributed by atoms with van der Waals surface area (Å²) in [6.07, 6.45) is 1.74. The van der Waals surface area contributed by atoms with Crippen LogP contribution in [-0.4, -0.2) is 57.7 Å². The standard InChI is InChI=1S/C17H21FN4O2.2ClH/c18-11-1-2-13-14(7-11)21-16(20-13)10-3-5-22(6-4-10)17(24)15-8-12(23)9-19-15;;/h1-2,7,10,12,15,19,23H,3-6,8-9H2,(H,20,21);2*1H/t12-,15+;;/m1../s1. The Kier molecular flexibility index (Phi) is 6.85. The predicted molar refractivity (Wildman–Crippen MR) is 102 cm³/mol. The largest absolute Gasteiger partial charge is 0.392 e. The normalized spacial score (nSPS) is 23.5. The van der Waals surface area contributed by atoms with Crippen LogP contribution in [0.25, 0.3) is 11.0 Å². The van der Waals surface area contributed by atoms with Crippen LogP contribution in [-0.2, 0) is 4.79 Å². The highest BCUT2D eigenvalue weighted by Crippen LogP contribution is 2.28. The molecule has 3 heterocycles. The number of carbonyl (C=O) groups excluding carboxylic acids is 1. The van der Waals surface area contributed by atoms with E-state index in [4.69, 9.17) is 0 Å². The van der Waals surface area contributed by atoms with Crippen molar-refractivity contribution in [3.05, 3.63) is 29.8 Å². The van der Waals surface area contributed by atoms with Gasteiger partial charge < -0.3 is 20.3 Å². The second-order valence-electron chi connectivity index (χ2n) is 6.73. The summed E-state index contributed by atoms with van der Waals surface area (Å²) in [5, 5.41) is 12.6. The number of likely N-dealkylation sites (tertiary alicyclic amines) is 1. The molecule has 2 aliphatic heterocycles. The first kappa shape index (κ1) is 20.9. The van der Waals surface area contributed by atoms with E-state index in [9.17, 15) is 14.3 Å². The SMILES string of the molecule is Cl.Cl.O=C([C@@H]1C[C@@H](O)CN1)N1CCC(c2nc3ccc(F)cc3[nH]2)CC1. The lowest BCUT2D eigenvalue weighted by Crippen LogP contribution is -2.46. The highest BCUT2D eigenvalue weighted by molar-refractivity contribution is 5.85. The fourth-order valence-electron chi connectivity index (χ4n) is 3.69. The monoisotopic (exact) mass is 404 g/mol. The number of hydrogen-bond acceptors (Lipinski definition) is 4. The van der Waals surface area contributed by atoms with Gasteiger partial charge in [-0.3, -0.25) is 4.79 Å². The highest BCUT2D eigenvalue weighted by atomic mass is 35.5. The molecular weight excluding hydrogens is 382 g/mol. The zero-order valence-corrected chi connectivity index (χ0v) is 15.8. The number of aliphatic hydroxyl groups excluding tert-OH is 1. The third-order valence-corrected chi connectivity index (χ3v) is 5.06. The molecule has 0 saturated carbocycles. The van der Waals surface area contributed by atoms with Crippen LogP contribution in [0.5, 0.6) is 0 Å². The lowest BCUT2D eigenvalue weighted by atomic mass is 9.95. The summed E-state index contributed by atoms with van der Waals surface area (Å²) in [7, 11) is 0. The molecule has 0 unspecified atom stereocenters. The third-order valence-electron chi connectivity index (χ3n) is 5.06. The van der Waals surface area contributed by atoms with E-state index in [0.29, 0.717) is 31.6 Å². The van der Waals surface area contributed by atoms with Gasteiger partial charge in [0.15, 0.2) is 0 Å². The van der Waals surface area contributed by atoms with Crippen molar-refractivity contribution in [3.8, 4) is 0 Å². The maximum Gasteiger partial charge on any atom is 0.239 e. The second kappa shape index (κ2) is 8.52. The van der Waals surface area contributed by atoms with Gasteiger partial charge in [-0.15, -0.1) is 24.8 Å². The van der Waals surface area contributed by atoms with Gasteiger partial charge in [-0.05, 0) is 37.5 Å². The first-order chi connectivity index (χ1) is 11.6. The number of rotatable bonds is 2. The Morgan fingerprint density at radius 3 is 2.65 bits per heavy atom. The third kappa shape index (κ3) is 4.11. The van der Waals surface area contributed by atoms with Crippen LogP contribution < -0.4 is 5.32 Å². The first-order valence-corrected chi connectivity index (χ1v) is 8.45. The number of carbonyl (C=O) groups is 1. The minimum Gasteiger partial charge on any atom is -0.392 e. The van der Waals surface area contributed by atoms with Gasteiger partial charge in [-0.2, -0.15) is 0 Å². The van der Waals surface area contributed by atoms with Gasteiger partial charge in [0, 0.05) is 25.6 Å². The summed E-state index contributed by atoms with van der Waals surface area (Å²) < 4.78 is 13.3. The molecule has 2 saturated heterocycles. The van der Waals surface area contributed by atoms with Crippen LogP contribution in [0.4, 0.5) is 4.39 Å². The molecule has 0 bridgehead atoms. The molecular formula is C17H23Cl2FN4O2. The van der Waals surface area contributed by atoms with Crippen molar-refractivity contribution in [1.29, 1.82) is 0 Å². The number of benzene rings is 1. The number of aliphatic hydroxyl groups is 1. The summed E-state index contributed by atoms with van der Waals surface area (Å²) in [5.41, 5.74) is 1.49. The van der Waals surface area contributed by atoms with Gasteiger partial charge >= 0.3 is 0 Å². The van der Waals surface area contributed by atoms with E-state index in [1.165, 1.54) is 12.1 Å². The van der Waals surface area contributed by atoms with Crippen molar-refractivity contribution in [2.24, 2.45) is 0 Å². The smallest absolute Gasteiger partial charge is 0.239 e. The Morgan fingerprint density at radius 1 is 1.27 bits per heavy atom. The van der Waals surface area contributed by atoms with E-state index in [0.717, 1.165) is 24.2 Å². The molecule has 0 radical (unpaired) electrons. The van der Waals surface area contributed by atoms with Crippen LogP contribution >= 0.6 is 24.8 Å². The second-order valence-corrected chi connectivity index (χ2v) is 6.73. The van der Waals surface area contributed by atoms with E-state index < -0.39 is 6.10 Å². The molecule has 2 fully saturated rings. The number of amides is 1. The quantitative estimate of drug-likeness (QED) is 0.714. The summed E-state index contributed by atoms with van der Waals surface area (Å²) in [6, 6.07) is 4.30. The minimum absolute atomic E-state index is 0. The molecule has 3 N–H and O–H groups in total. The lowest BCUT2D eigenvalue weighted by molar-refractivity contribution is -0.134. The van der Waals surface area contributed by atoms with Gasteiger partial charge in [0.2, 0.25) is 5.91 Å². The van der Waals surface area contributed by atoms with Gasteiger partial charge in [0.25, 0.3) is 0 Å². The van der Waals surface area contributed by atoms with Crippen molar-refractivity contribution in [2.45, 2.75) is 37.3 Å².